The van der Waals surface area contributed by atoms with E-state index in [1.807, 2.05) is 20.8 Å². The molecule has 0 fully saturated rings. The lowest BCUT2D eigenvalue weighted by Gasteiger charge is -2.21. The Bertz CT molecular complexity index is 458. The van der Waals surface area contributed by atoms with Crippen molar-refractivity contribution in [1.82, 2.24) is 5.32 Å². The number of rotatable bonds is 5. The van der Waals surface area contributed by atoms with Gasteiger partial charge in [-0.15, -0.1) is 0 Å². The van der Waals surface area contributed by atoms with Crippen LogP contribution in [0.3, 0.4) is 0 Å². The van der Waals surface area contributed by atoms with Gasteiger partial charge in [0.2, 0.25) is 0 Å². The predicted molar refractivity (Wildman–Crippen MR) is 77.5 cm³/mol. The van der Waals surface area contributed by atoms with E-state index in [4.69, 9.17) is 10.5 Å². The number of nitrogens with two attached hydrogens (primary N) is 1. The molecule has 20 heavy (non-hydrogen) atoms. The van der Waals surface area contributed by atoms with Gasteiger partial charge in [0.25, 0.3) is 0 Å². The number of hydrogen-bond acceptors (Lipinski definition) is 3. The van der Waals surface area contributed by atoms with Gasteiger partial charge in [0.1, 0.15) is 11.4 Å². The number of hydrogen-bond donors (Lipinski definition) is 3. The number of anilines is 1. The van der Waals surface area contributed by atoms with Gasteiger partial charge in [-0.2, -0.15) is 0 Å². The fourth-order valence-electron chi connectivity index (χ4n) is 1.50. The standard InChI is InChI=1S/C14H22FN3O2/c1-14(2,3)18-13(19)17-12-10(15)6-4-7-11(12)20-9-5-8-16/h4,6-7H,5,8-9,16H2,1-3H3,(H2,17,18,19). The second-order valence-electron chi connectivity index (χ2n) is 5.43. The van der Waals surface area contributed by atoms with Gasteiger partial charge in [-0.3, -0.25) is 0 Å². The Kier molecular flexibility index (Phi) is 5.76. The van der Waals surface area contributed by atoms with Crippen LogP contribution in [0.5, 0.6) is 5.75 Å². The molecule has 0 heterocycles. The van der Waals surface area contributed by atoms with Crippen molar-refractivity contribution < 1.29 is 13.9 Å². The van der Waals surface area contributed by atoms with Crippen LogP contribution in [0.25, 0.3) is 0 Å². The van der Waals surface area contributed by atoms with Crippen LogP contribution in [0.1, 0.15) is 27.2 Å². The van der Waals surface area contributed by atoms with E-state index in [1.54, 1.807) is 6.07 Å². The average Bonchev–Trinajstić information content (AvgIpc) is 2.31. The van der Waals surface area contributed by atoms with Crippen LogP contribution >= 0.6 is 0 Å². The largest absolute Gasteiger partial charge is 0.491 e. The zero-order chi connectivity index (χ0) is 15.2. The van der Waals surface area contributed by atoms with Crippen LogP contribution in [-0.4, -0.2) is 24.7 Å². The first-order chi connectivity index (χ1) is 9.33. The van der Waals surface area contributed by atoms with E-state index in [0.717, 1.165) is 0 Å². The molecule has 0 saturated carbocycles. The predicted octanol–water partition coefficient (Wildman–Crippen LogP) is 2.47. The van der Waals surface area contributed by atoms with E-state index >= 15 is 0 Å². The molecule has 0 saturated heterocycles. The first kappa shape index (κ1) is 16.2. The molecule has 6 heteroatoms. The molecule has 0 spiro atoms. The van der Waals surface area contributed by atoms with Crippen LogP contribution in [-0.2, 0) is 0 Å². The molecule has 0 aromatic heterocycles. The highest BCUT2D eigenvalue weighted by Gasteiger charge is 2.17. The molecule has 0 aliphatic carbocycles. The van der Waals surface area contributed by atoms with Crippen molar-refractivity contribution in [3.05, 3.63) is 24.0 Å². The van der Waals surface area contributed by atoms with Crippen LogP contribution in [0.15, 0.2) is 18.2 Å². The summed E-state index contributed by atoms with van der Waals surface area (Å²) in [7, 11) is 0. The molecule has 5 nitrogen and oxygen atoms in total. The van der Waals surface area contributed by atoms with Crippen molar-refractivity contribution in [2.24, 2.45) is 5.73 Å². The Labute approximate surface area is 118 Å². The fraction of sp³-hybridized carbons (Fsp3) is 0.500. The highest BCUT2D eigenvalue weighted by molar-refractivity contribution is 5.91. The third kappa shape index (κ3) is 5.44. The van der Waals surface area contributed by atoms with Crippen molar-refractivity contribution in [3.8, 4) is 5.75 Å². The smallest absolute Gasteiger partial charge is 0.319 e. The summed E-state index contributed by atoms with van der Waals surface area (Å²) in [5.74, 6) is -0.248. The second kappa shape index (κ2) is 7.09. The van der Waals surface area contributed by atoms with Gasteiger partial charge in [0.15, 0.2) is 5.82 Å². The Morgan fingerprint density at radius 1 is 1.40 bits per heavy atom. The number of amides is 2. The maximum absolute atomic E-state index is 13.8. The zero-order valence-electron chi connectivity index (χ0n) is 12.1. The molecular weight excluding hydrogens is 261 g/mol. The summed E-state index contributed by atoms with van der Waals surface area (Å²) in [6.07, 6.45) is 0.657. The summed E-state index contributed by atoms with van der Waals surface area (Å²) in [6, 6.07) is 3.92. The van der Waals surface area contributed by atoms with Crippen LogP contribution in [0, 0.1) is 5.82 Å². The van der Waals surface area contributed by atoms with Crippen molar-refractivity contribution in [2.45, 2.75) is 32.7 Å². The Morgan fingerprint density at radius 2 is 2.10 bits per heavy atom. The monoisotopic (exact) mass is 283 g/mol. The number of nitrogens with one attached hydrogen (secondary N) is 2. The third-order valence-corrected chi connectivity index (χ3v) is 2.31. The highest BCUT2D eigenvalue weighted by Crippen LogP contribution is 2.27. The quantitative estimate of drug-likeness (QED) is 0.727. The first-order valence-electron chi connectivity index (χ1n) is 6.54. The molecule has 4 N–H and O–H groups in total. The number of halogens is 1. The number of benzene rings is 1. The number of urea groups is 1. The summed E-state index contributed by atoms with van der Waals surface area (Å²) >= 11 is 0. The van der Waals surface area contributed by atoms with Gasteiger partial charge in [-0.1, -0.05) is 6.07 Å². The average molecular weight is 283 g/mol. The van der Waals surface area contributed by atoms with Crippen LogP contribution in [0.2, 0.25) is 0 Å². The van der Waals surface area contributed by atoms with Crippen molar-refractivity contribution in [1.29, 1.82) is 0 Å². The van der Waals surface area contributed by atoms with Crippen molar-refractivity contribution in [3.63, 3.8) is 0 Å². The lowest BCUT2D eigenvalue weighted by Crippen LogP contribution is -2.43. The maximum Gasteiger partial charge on any atom is 0.319 e. The van der Waals surface area contributed by atoms with Gasteiger partial charge >= 0.3 is 6.03 Å². The number of ether oxygens (including phenoxy) is 1. The highest BCUT2D eigenvalue weighted by atomic mass is 19.1. The van der Waals surface area contributed by atoms with Crippen molar-refractivity contribution >= 4 is 11.7 Å². The molecular formula is C14H22FN3O2. The molecule has 2 amide bonds. The molecule has 0 unspecified atom stereocenters. The third-order valence-electron chi connectivity index (χ3n) is 2.31. The molecule has 0 atom stereocenters. The van der Waals surface area contributed by atoms with Gasteiger partial charge in [-0.25, -0.2) is 9.18 Å². The Hall–Kier alpha value is -1.82. The molecule has 0 aliphatic rings. The molecule has 0 radical (unpaired) electrons. The summed E-state index contributed by atoms with van der Waals surface area (Å²) in [4.78, 5) is 11.8. The first-order valence-corrected chi connectivity index (χ1v) is 6.54. The zero-order valence-corrected chi connectivity index (χ0v) is 12.1. The number of carbonyl (C=O) groups excluding carboxylic acids is 1. The molecule has 1 aromatic carbocycles. The van der Waals surface area contributed by atoms with Gasteiger partial charge in [-0.05, 0) is 45.9 Å². The number of carbonyl (C=O) groups is 1. The van der Waals surface area contributed by atoms with Gasteiger partial charge in [0.05, 0.1) is 6.61 Å². The number of para-hydroxylation sites is 1. The molecule has 1 rings (SSSR count). The van der Waals surface area contributed by atoms with Crippen LogP contribution in [0.4, 0.5) is 14.9 Å². The van der Waals surface area contributed by atoms with Gasteiger partial charge < -0.3 is 21.1 Å². The summed E-state index contributed by atoms with van der Waals surface area (Å²) < 4.78 is 19.2. The summed E-state index contributed by atoms with van der Waals surface area (Å²) in [5, 5.41) is 5.18. The van der Waals surface area contributed by atoms with E-state index in [1.165, 1.54) is 12.1 Å². The second-order valence-corrected chi connectivity index (χ2v) is 5.43. The van der Waals surface area contributed by atoms with E-state index in [9.17, 15) is 9.18 Å². The normalized spacial score (nSPS) is 11.1. The molecule has 1 aromatic rings. The molecule has 0 bridgehead atoms. The van der Waals surface area contributed by atoms with E-state index in [-0.39, 0.29) is 5.69 Å². The maximum atomic E-state index is 13.8. The van der Waals surface area contributed by atoms with Crippen LogP contribution < -0.4 is 21.1 Å². The molecule has 112 valence electrons. The summed E-state index contributed by atoms with van der Waals surface area (Å²) in [6.45, 7) is 6.38. The lowest BCUT2D eigenvalue weighted by molar-refractivity contribution is 0.243. The van der Waals surface area contributed by atoms with E-state index in [0.29, 0.717) is 25.3 Å². The molecule has 0 aliphatic heterocycles. The van der Waals surface area contributed by atoms with E-state index < -0.39 is 17.4 Å². The minimum absolute atomic E-state index is 0.0336. The topological polar surface area (TPSA) is 76.4 Å². The fourth-order valence-corrected chi connectivity index (χ4v) is 1.50. The minimum atomic E-state index is -0.542. The Morgan fingerprint density at radius 3 is 2.70 bits per heavy atom. The van der Waals surface area contributed by atoms with E-state index in [2.05, 4.69) is 10.6 Å². The SMILES string of the molecule is CC(C)(C)NC(=O)Nc1c(F)cccc1OCCCN. The Balaban J connectivity index is 2.79. The lowest BCUT2D eigenvalue weighted by atomic mass is 10.1. The summed E-state index contributed by atoms with van der Waals surface area (Å²) in [5.41, 5.74) is 5.00. The van der Waals surface area contributed by atoms with Gasteiger partial charge in [0, 0.05) is 5.54 Å². The minimum Gasteiger partial charge on any atom is -0.491 e. The van der Waals surface area contributed by atoms with Crippen molar-refractivity contribution in [2.75, 3.05) is 18.5 Å².